The molecule has 1 aliphatic rings. The fourth-order valence-corrected chi connectivity index (χ4v) is 2.65. The maximum atomic E-state index is 11.9. The number of carbonyl (C=O) groups is 1. The van der Waals surface area contributed by atoms with Gasteiger partial charge >= 0.3 is 0 Å². The Bertz CT molecular complexity index is 487. The van der Waals surface area contributed by atoms with Crippen LogP contribution < -0.4 is 5.32 Å². The summed E-state index contributed by atoms with van der Waals surface area (Å²) in [5.74, 6) is 5.40. The van der Waals surface area contributed by atoms with Gasteiger partial charge in [-0.1, -0.05) is 43.4 Å². The molecule has 20 heavy (non-hydrogen) atoms. The molecule has 0 saturated heterocycles. The van der Waals surface area contributed by atoms with Crippen LogP contribution in [0.1, 0.15) is 37.7 Å². The van der Waals surface area contributed by atoms with Crippen molar-refractivity contribution in [3.05, 3.63) is 35.9 Å². The van der Waals surface area contributed by atoms with Crippen molar-refractivity contribution in [2.75, 3.05) is 6.61 Å². The first-order valence-electron chi connectivity index (χ1n) is 7.28. The van der Waals surface area contributed by atoms with E-state index >= 15 is 0 Å². The molecule has 1 aromatic carbocycles. The van der Waals surface area contributed by atoms with Crippen molar-refractivity contribution < 1.29 is 9.90 Å². The lowest BCUT2D eigenvalue weighted by Crippen LogP contribution is -2.40. The fourth-order valence-electron chi connectivity index (χ4n) is 2.65. The molecule has 2 rings (SSSR count). The van der Waals surface area contributed by atoms with Crippen molar-refractivity contribution in [1.82, 2.24) is 5.32 Å². The number of aliphatic hydroxyl groups is 1. The molecule has 0 heterocycles. The molecule has 2 N–H and O–H groups in total. The third kappa shape index (κ3) is 4.40. The average Bonchev–Trinajstić information content (AvgIpc) is 2.71. The zero-order chi connectivity index (χ0) is 14.2. The van der Waals surface area contributed by atoms with Crippen molar-refractivity contribution >= 4 is 5.91 Å². The normalized spacial score (nSPS) is 22.2. The van der Waals surface area contributed by atoms with Crippen LogP contribution in [0.25, 0.3) is 0 Å². The second-order valence-corrected chi connectivity index (χ2v) is 5.28. The van der Waals surface area contributed by atoms with Gasteiger partial charge in [-0.15, -0.1) is 0 Å². The Labute approximate surface area is 120 Å². The zero-order valence-corrected chi connectivity index (χ0v) is 11.6. The van der Waals surface area contributed by atoms with Gasteiger partial charge < -0.3 is 10.4 Å². The van der Waals surface area contributed by atoms with Gasteiger partial charge in [0.15, 0.2) is 0 Å². The quantitative estimate of drug-likeness (QED) is 0.639. The number of hydrogen-bond acceptors (Lipinski definition) is 2. The Morgan fingerprint density at radius 2 is 1.95 bits per heavy atom. The first kappa shape index (κ1) is 14.6. The van der Waals surface area contributed by atoms with Crippen molar-refractivity contribution in [2.24, 2.45) is 5.92 Å². The summed E-state index contributed by atoms with van der Waals surface area (Å²) in [6.45, 7) is 0.136. The number of benzene rings is 1. The van der Waals surface area contributed by atoms with Crippen LogP contribution in [0.3, 0.4) is 0 Å². The van der Waals surface area contributed by atoms with Gasteiger partial charge in [-0.25, -0.2) is 0 Å². The van der Waals surface area contributed by atoms with Gasteiger partial charge in [0.05, 0.1) is 0 Å². The van der Waals surface area contributed by atoms with Gasteiger partial charge in [0.1, 0.15) is 0 Å². The molecule has 3 nitrogen and oxygen atoms in total. The summed E-state index contributed by atoms with van der Waals surface area (Å²) >= 11 is 0. The van der Waals surface area contributed by atoms with Crippen molar-refractivity contribution in [2.45, 2.75) is 38.1 Å². The van der Waals surface area contributed by atoms with Crippen LogP contribution in [0.2, 0.25) is 0 Å². The van der Waals surface area contributed by atoms with Gasteiger partial charge in [-0.2, -0.15) is 0 Å². The molecular formula is C17H21NO2. The Morgan fingerprint density at radius 1 is 1.20 bits per heavy atom. The summed E-state index contributed by atoms with van der Waals surface area (Å²) in [4.78, 5) is 11.9. The van der Waals surface area contributed by atoms with Crippen molar-refractivity contribution in [3.8, 4) is 11.8 Å². The molecule has 1 fully saturated rings. The van der Waals surface area contributed by atoms with Crippen molar-refractivity contribution in [3.63, 3.8) is 0 Å². The van der Waals surface area contributed by atoms with E-state index in [2.05, 4.69) is 17.2 Å². The van der Waals surface area contributed by atoms with Crippen LogP contribution in [-0.4, -0.2) is 23.7 Å². The van der Waals surface area contributed by atoms with Crippen LogP contribution in [0, 0.1) is 17.8 Å². The minimum Gasteiger partial charge on any atom is -0.396 e. The number of aliphatic hydroxyl groups excluding tert-OH is 1. The van der Waals surface area contributed by atoms with Gasteiger partial charge in [0, 0.05) is 30.1 Å². The molecule has 0 aliphatic heterocycles. The summed E-state index contributed by atoms with van der Waals surface area (Å²) < 4.78 is 0. The predicted octanol–water partition coefficient (Wildman–Crippen LogP) is 2.10. The van der Waals surface area contributed by atoms with E-state index < -0.39 is 0 Å². The number of amides is 1. The summed E-state index contributed by atoms with van der Waals surface area (Å²) in [5, 5.41) is 12.4. The highest BCUT2D eigenvalue weighted by molar-refractivity contribution is 5.94. The smallest absolute Gasteiger partial charge is 0.296 e. The third-order valence-electron chi connectivity index (χ3n) is 3.80. The highest BCUT2D eigenvalue weighted by Crippen LogP contribution is 2.23. The van der Waals surface area contributed by atoms with Crippen LogP contribution in [0.5, 0.6) is 0 Å². The molecule has 1 aliphatic carbocycles. The second kappa shape index (κ2) is 7.72. The average molecular weight is 271 g/mol. The number of rotatable bonds is 2. The predicted molar refractivity (Wildman–Crippen MR) is 78.9 cm³/mol. The van der Waals surface area contributed by atoms with Crippen LogP contribution in [0.15, 0.2) is 30.3 Å². The van der Waals surface area contributed by atoms with E-state index in [0.29, 0.717) is 0 Å². The van der Waals surface area contributed by atoms with E-state index in [1.165, 1.54) is 6.42 Å². The molecule has 0 radical (unpaired) electrons. The Kier molecular flexibility index (Phi) is 5.64. The molecule has 2 unspecified atom stereocenters. The summed E-state index contributed by atoms with van der Waals surface area (Å²) in [7, 11) is 0. The van der Waals surface area contributed by atoms with E-state index in [4.69, 9.17) is 0 Å². The third-order valence-corrected chi connectivity index (χ3v) is 3.80. The second-order valence-electron chi connectivity index (χ2n) is 5.28. The maximum absolute atomic E-state index is 11.9. The Morgan fingerprint density at radius 3 is 2.70 bits per heavy atom. The SMILES string of the molecule is O=C(C#Cc1ccccc1)NC1CCCCCC1CO. The van der Waals surface area contributed by atoms with Gasteiger partial charge in [0.2, 0.25) is 0 Å². The molecule has 1 saturated carbocycles. The minimum absolute atomic E-state index is 0.0556. The Hall–Kier alpha value is -1.79. The van der Waals surface area contributed by atoms with Crippen molar-refractivity contribution in [1.29, 1.82) is 0 Å². The van der Waals surface area contributed by atoms with E-state index in [9.17, 15) is 9.90 Å². The standard InChI is InChI=1S/C17H21NO2/c19-13-15-9-5-2-6-10-16(15)18-17(20)12-11-14-7-3-1-4-8-14/h1,3-4,7-8,15-16,19H,2,5-6,9-10,13H2,(H,18,20). The van der Waals surface area contributed by atoms with Crippen LogP contribution >= 0.6 is 0 Å². The van der Waals surface area contributed by atoms with Crippen LogP contribution in [0.4, 0.5) is 0 Å². The lowest BCUT2D eigenvalue weighted by molar-refractivity contribution is -0.116. The highest BCUT2D eigenvalue weighted by Gasteiger charge is 2.23. The molecule has 0 spiro atoms. The highest BCUT2D eigenvalue weighted by atomic mass is 16.3. The summed E-state index contributed by atoms with van der Waals surface area (Å²) in [6, 6.07) is 9.53. The number of carbonyl (C=O) groups excluding carboxylic acids is 1. The largest absolute Gasteiger partial charge is 0.396 e. The fraction of sp³-hybridized carbons (Fsp3) is 0.471. The Balaban J connectivity index is 1.94. The molecule has 0 aromatic heterocycles. The molecule has 1 aromatic rings. The van der Waals surface area contributed by atoms with Gasteiger partial charge in [-0.05, 0) is 25.0 Å². The van der Waals surface area contributed by atoms with Crippen LogP contribution in [-0.2, 0) is 4.79 Å². The number of hydrogen-bond donors (Lipinski definition) is 2. The molecule has 1 amide bonds. The van der Waals surface area contributed by atoms with E-state index in [1.807, 2.05) is 30.3 Å². The molecule has 2 atom stereocenters. The summed E-state index contributed by atoms with van der Waals surface area (Å²) in [5.41, 5.74) is 0.835. The zero-order valence-electron chi connectivity index (χ0n) is 11.6. The van der Waals surface area contributed by atoms with E-state index in [0.717, 1.165) is 31.2 Å². The molecular weight excluding hydrogens is 250 g/mol. The lowest BCUT2D eigenvalue weighted by Gasteiger charge is -2.23. The van der Waals surface area contributed by atoms with E-state index in [1.54, 1.807) is 0 Å². The maximum Gasteiger partial charge on any atom is 0.296 e. The first-order chi connectivity index (χ1) is 9.79. The summed E-state index contributed by atoms with van der Waals surface area (Å²) in [6.07, 6.45) is 5.33. The first-order valence-corrected chi connectivity index (χ1v) is 7.28. The van der Waals surface area contributed by atoms with Gasteiger partial charge in [0.25, 0.3) is 5.91 Å². The molecule has 0 bridgehead atoms. The molecule has 3 heteroatoms. The van der Waals surface area contributed by atoms with E-state index in [-0.39, 0.29) is 24.5 Å². The monoisotopic (exact) mass is 271 g/mol. The topological polar surface area (TPSA) is 49.3 Å². The minimum atomic E-state index is -0.251. The molecule has 106 valence electrons. The van der Waals surface area contributed by atoms with Gasteiger partial charge in [-0.3, -0.25) is 4.79 Å². The number of nitrogens with one attached hydrogen (secondary N) is 1. The lowest BCUT2D eigenvalue weighted by atomic mass is 9.95.